The van der Waals surface area contributed by atoms with Gasteiger partial charge >= 0.3 is 0 Å². The molecule has 7 nitrogen and oxygen atoms in total. The second-order valence-electron chi connectivity index (χ2n) is 5.53. The molecule has 0 amide bonds. The topological polar surface area (TPSA) is 82.5 Å². The molecule has 0 saturated heterocycles. The third kappa shape index (κ3) is 3.83. The first-order chi connectivity index (χ1) is 10.9. The quantitative estimate of drug-likeness (QED) is 0.880. The molecule has 0 aliphatic carbocycles. The Hall–Kier alpha value is -2.06. The number of aryl methyl sites for hydroxylation is 2. The van der Waals surface area contributed by atoms with Crippen molar-refractivity contribution in [3.8, 4) is 11.5 Å². The fourth-order valence-electron chi connectivity index (χ4n) is 2.45. The van der Waals surface area contributed by atoms with Crippen LogP contribution in [0.1, 0.15) is 11.3 Å². The number of para-hydroxylation sites is 2. The van der Waals surface area contributed by atoms with Gasteiger partial charge in [0.05, 0.1) is 12.2 Å². The van der Waals surface area contributed by atoms with Crippen LogP contribution in [0.25, 0.3) is 0 Å². The second kappa shape index (κ2) is 6.21. The molecule has 0 bridgehead atoms. The zero-order valence-corrected chi connectivity index (χ0v) is 13.8. The Morgan fingerprint density at radius 1 is 1.35 bits per heavy atom. The Morgan fingerprint density at radius 2 is 2.09 bits per heavy atom. The molecule has 1 aliphatic rings. The van der Waals surface area contributed by atoms with E-state index in [-0.39, 0.29) is 18.9 Å². The fourth-order valence-corrected chi connectivity index (χ4v) is 3.58. The van der Waals surface area contributed by atoms with E-state index in [1.54, 1.807) is 23.9 Å². The van der Waals surface area contributed by atoms with E-state index in [4.69, 9.17) is 9.47 Å². The van der Waals surface area contributed by atoms with Crippen molar-refractivity contribution in [2.24, 2.45) is 7.05 Å². The number of rotatable bonds is 5. The van der Waals surface area contributed by atoms with Crippen molar-refractivity contribution in [3.63, 3.8) is 0 Å². The van der Waals surface area contributed by atoms with Crippen LogP contribution in [-0.4, -0.2) is 36.7 Å². The highest BCUT2D eigenvalue weighted by Crippen LogP contribution is 2.31. The molecule has 0 radical (unpaired) electrons. The summed E-state index contributed by atoms with van der Waals surface area (Å²) in [6, 6.07) is 7.22. The van der Waals surface area contributed by atoms with Crippen LogP contribution < -0.4 is 14.2 Å². The summed E-state index contributed by atoms with van der Waals surface area (Å²) in [5, 5.41) is 4.22. The normalized spacial score (nSPS) is 17.2. The van der Waals surface area contributed by atoms with Crippen molar-refractivity contribution < 1.29 is 17.9 Å². The fraction of sp³-hybridized carbons (Fsp3) is 0.400. The first-order valence-electron chi connectivity index (χ1n) is 7.28. The molecule has 0 saturated carbocycles. The third-order valence-corrected chi connectivity index (χ3v) is 4.94. The summed E-state index contributed by atoms with van der Waals surface area (Å²) in [6.45, 7) is 2.27. The van der Waals surface area contributed by atoms with E-state index >= 15 is 0 Å². The second-order valence-corrected chi connectivity index (χ2v) is 7.38. The Bertz CT molecular complexity index is 801. The SMILES string of the molecule is Cc1cn(C)nc1CNS(=O)(=O)CC1COc2ccccc2O1. The van der Waals surface area contributed by atoms with Gasteiger partial charge in [0.25, 0.3) is 0 Å². The van der Waals surface area contributed by atoms with Gasteiger partial charge in [-0.15, -0.1) is 0 Å². The molecule has 23 heavy (non-hydrogen) atoms. The smallest absolute Gasteiger partial charge is 0.215 e. The first kappa shape index (κ1) is 15.8. The van der Waals surface area contributed by atoms with Crippen molar-refractivity contribution in [1.29, 1.82) is 0 Å². The predicted molar refractivity (Wildman–Crippen MR) is 84.9 cm³/mol. The lowest BCUT2D eigenvalue weighted by atomic mass is 10.3. The van der Waals surface area contributed by atoms with E-state index < -0.39 is 16.1 Å². The number of nitrogens with one attached hydrogen (secondary N) is 1. The number of hydrogen-bond donors (Lipinski definition) is 1. The molecule has 1 atom stereocenters. The highest BCUT2D eigenvalue weighted by Gasteiger charge is 2.26. The van der Waals surface area contributed by atoms with E-state index in [0.29, 0.717) is 17.2 Å². The van der Waals surface area contributed by atoms with Gasteiger partial charge < -0.3 is 9.47 Å². The minimum absolute atomic E-state index is 0.160. The lowest BCUT2D eigenvalue weighted by Gasteiger charge is -2.26. The molecule has 2 aromatic rings. The highest BCUT2D eigenvalue weighted by atomic mass is 32.2. The lowest BCUT2D eigenvalue weighted by molar-refractivity contribution is 0.106. The van der Waals surface area contributed by atoms with Crippen molar-refractivity contribution in [3.05, 3.63) is 41.7 Å². The molecule has 1 N–H and O–H groups in total. The van der Waals surface area contributed by atoms with Gasteiger partial charge in [0, 0.05) is 13.2 Å². The largest absolute Gasteiger partial charge is 0.486 e. The molecule has 2 heterocycles. The summed E-state index contributed by atoms with van der Waals surface area (Å²) in [5.41, 5.74) is 1.66. The zero-order chi connectivity index (χ0) is 16.4. The number of nitrogens with zero attached hydrogens (tertiary/aromatic N) is 2. The minimum Gasteiger partial charge on any atom is -0.486 e. The molecule has 3 rings (SSSR count). The molecule has 8 heteroatoms. The Kier molecular flexibility index (Phi) is 4.27. The summed E-state index contributed by atoms with van der Waals surface area (Å²) in [4.78, 5) is 0. The van der Waals surface area contributed by atoms with Gasteiger partial charge in [0.1, 0.15) is 18.5 Å². The molecule has 1 unspecified atom stereocenters. The van der Waals surface area contributed by atoms with Gasteiger partial charge in [-0.05, 0) is 24.6 Å². The van der Waals surface area contributed by atoms with Crippen molar-refractivity contribution in [1.82, 2.24) is 14.5 Å². The molecular formula is C15H19N3O4S. The predicted octanol–water partition coefficient (Wildman–Crippen LogP) is 0.988. The summed E-state index contributed by atoms with van der Waals surface area (Å²) >= 11 is 0. The van der Waals surface area contributed by atoms with Crippen LogP contribution in [0.15, 0.2) is 30.5 Å². The minimum atomic E-state index is -3.49. The summed E-state index contributed by atoms with van der Waals surface area (Å²) < 4.78 is 39.9. The monoisotopic (exact) mass is 337 g/mol. The molecular weight excluding hydrogens is 318 g/mol. The number of fused-ring (bicyclic) bond motifs is 1. The van der Waals surface area contributed by atoms with Gasteiger partial charge in [-0.25, -0.2) is 13.1 Å². The average Bonchev–Trinajstić information content (AvgIpc) is 2.83. The molecule has 1 aromatic heterocycles. The summed E-state index contributed by atoms with van der Waals surface area (Å²) in [5.74, 6) is 1.05. The number of aromatic nitrogens is 2. The van der Waals surface area contributed by atoms with Crippen LogP contribution in [-0.2, 0) is 23.6 Å². The standard InChI is InChI=1S/C15H19N3O4S/c1-11-8-18(2)17-13(11)7-16-23(19,20)10-12-9-21-14-5-3-4-6-15(14)22-12/h3-6,8,12,16H,7,9-10H2,1-2H3. The molecule has 1 aliphatic heterocycles. The molecule has 1 aromatic carbocycles. The maximum absolute atomic E-state index is 12.2. The molecule has 0 fully saturated rings. The van der Waals surface area contributed by atoms with Crippen LogP contribution in [0.2, 0.25) is 0 Å². The number of benzene rings is 1. The van der Waals surface area contributed by atoms with Crippen LogP contribution in [0.4, 0.5) is 0 Å². The van der Waals surface area contributed by atoms with Crippen molar-refractivity contribution in [2.45, 2.75) is 19.6 Å². The van der Waals surface area contributed by atoms with Crippen molar-refractivity contribution >= 4 is 10.0 Å². The van der Waals surface area contributed by atoms with Gasteiger partial charge in [0.2, 0.25) is 10.0 Å². The molecule has 0 spiro atoms. The van der Waals surface area contributed by atoms with Crippen molar-refractivity contribution in [2.75, 3.05) is 12.4 Å². The van der Waals surface area contributed by atoms with Gasteiger partial charge in [-0.2, -0.15) is 5.10 Å². The number of ether oxygens (including phenoxy) is 2. The molecule has 124 valence electrons. The maximum atomic E-state index is 12.2. The van der Waals surface area contributed by atoms with Crippen LogP contribution >= 0.6 is 0 Å². The van der Waals surface area contributed by atoms with Crippen LogP contribution in [0.3, 0.4) is 0 Å². The number of sulfonamides is 1. The first-order valence-corrected chi connectivity index (χ1v) is 8.93. The summed E-state index contributed by atoms with van der Waals surface area (Å²) in [7, 11) is -1.69. The van der Waals surface area contributed by atoms with Crippen LogP contribution in [0.5, 0.6) is 11.5 Å². The van der Waals surface area contributed by atoms with Gasteiger partial charge in [-0.3, -0.25) is 4.68 Å². The maximum Gasteiger partial charge on any atom is 0.215 e. The van der Waals surface area contributed by atoms with E-state index in [9.17, 15) is 8.42 Å². The summed E-state index contributed by atoms with van der Waals surface area (Å²) in [6.07, 6.45) is 1.31. The van der Waals surface area contributed by atoms with Gasteiger partial charge in [0.15, 0.2) is 11.5 Å². The van der Waals surface area contributed by atoms with Crippen LogP contribution in [0, 0.1) is 6.92 Å². The van der Waals surface area contributed by atoms with E-state index in [0.717, 1.165) is 5.56 Å². The van der Waals surface area contributed by atoms with E-state index in [1.807, 2.05) is 25.3 Å². The van der Waals surface area contributed by atoms with E-state index in [2.05, 4.69) is 9.82 Å². The number of hydrogen-bond acceptors (Lipinski definition) is 5. The third-order valence-electron chi connectivity index (χ3n) is 3.55. The lowest BCUT2D eigenvalue weighted by Crippen LogP contribution is -2.39. The highest BCUT2D eigenvalue weighted by molar-refractivity contribution is 7.89. The van der Waals surface area contributed by atoms with E-state index in [1.165, 1.54) is 0 Å². The Balaban J connectivity index is 1.60. The zero-order valence-electron chi connectivity index (χ0n) is 13.0. The Labute approximate surface area is 135 Å². The average molecular weight is 337 g/mol. The van der Waals surface area contributed by atoms with Gasteiger partial charge in [-0.1, -0.05) is 12.1 Å². The Morgan fingerprint density at radius 3 is 2.78 bits per heavy atom.